The van der Waals surface area contributed by atoms with Crippen molar-refractivity contribution in [3.63, 3.8) is 0 Å². The third-order valence-corrected chi connectivity index (χ3v) is 4.79. The van der Waals surface area contributed by atoms with Crippen molar-refractivity contribution in [2.75, 3.05) is 0 Å². The number of pyridine rings is 1. The van der Waals surface area contributed by atoms with E-state index in [1.165, 1.54) is 49.1 Å². The van der Waals surface area contributed by atoms with Gasteiger partial charge < -0.3 is 0 Å². The lowest BCUT2D eigenvalue weighted by atomic mass is 9.85. The fourth-order valence-electron chi connectivity index (χ4n) is 4.00. The van der Waals surface area contributed by atoms with E-state index in [2.05, 4.69) is 26.0 Å². The van der Waals surface area contributed by atoms with E-state index in [-0.39, 0.29) is 0 Å². The zero-order valence-electron chi connectivity index (χ0n) is 11.1. The Labute approximate surface area is 105 Å². The smallest absolute Gasteiger partial charge is 0.0412 e. The van der Waals surface area contributed by atoms with Crippen molar-refractivity contribution in [1.29, 1.82) is 0 Å². The molecule has 1 nitrogen and oxygen atoms in total. The molecule has 3 atom stereocenters. The van der Waals surface area contributed by atoms with Crippen molar-refractivity contribution >= 4 is 0 Å². The highest BCUT2D eigenvalue weighted by atomic mass is 14.7. The van der Waals surface area contributed by atoms with Gasteiger partial charge in [0.05, 0.1) is 0 Å². The lowest BCUT2D eigenvalue weighted by molar-refractivity contribution is 0.329. The van der Waals surface area contributed by atoms with Gasteiger partial charge in [0.15, 0.2) is 0 Å². The van der Waals surface area contributed by atoms with Crippen LogP contribution in [-0.4, -0.2) is 4.98 Å². The highest BCUT2D eigenvalue weighted by molar-refractivity contribution is 5.21. The monoisotopic (exact) mass is 229 g/mol. The fourth-order valence-corrected chi connectivity index (χ4v) is 4.00. The van der Waals surface area contributed by atoms with Gasteiger partial charge in [-0.2, -0.15) is 0 Å². The van der Waals surface area contributed by atoms with Gasteiger partial charge in [0, 0.05) is 11.4 Å². The Hall–Kier alpha value is -0.850. The SMILES string of the molecule is CCc1cc(C)cc(C[C@@H]2CC3CCC2C3)n1. The maximum absolute atomic E-state index is 4.80. The molecule has 2 fully saturated rings. The van der Waals surface area contributed by atoms with Crippen molar-refractivity contribution in [2.45, 2.75) is 52.4 Å². The van der Waals surface area contributed by atoms with Crippen molar-refractivity contribution < 1.29 is 0 Å². The first kappa shape index (κ1) is 11.3. The topological polar surface area (TPSA) is 12.9 Å². The van der Waals surface area contributed by atoms with Crippen LogP contribution in [0, 0.1) is 24.7 Å². The van der Waals surface area contributed by atoms with Crippen molar-refractivity contribution in [1.82, 2.24) is 4.98 Å². The Bertz CT molecular complexity index is 410. The molecule has 0 saturated heterocycles. The van der Waals surface area contributed by atoms with Gasteiger partial charge in [0.2, 0.25) is 0 Å². The summed E-state index contributed by atoms with van der Waals surface area (Å²) in [4.78, 5) is 4.80. The highest BCUT2D eigenvalue weighted by Crippen LogP contribution is 2.49. The zero-order chi connectivity index (χ0) is 11.8. The number of hydrogen-bond donors (Lipinski definition) is 0. The van der Waals surface area contributed by atoms with Crippen LogP contribution in [0.4, 0.5) is 0 Å². The summed E-state index contributed by atoms with van der Waals surface area (Å²) < 4.78 is 0. The lowest BCUT2D eigenvalue weighted by Gasteiger charge is -2.21. The van der Waals surface area contributed by atoms with E-state index < -0.39 is 0 Å². The van der Waals surface area contributed by atoms with Crippen molar-refractivity contribution in [3.05, 3.63) is 29.1 Å². The maximum atomic E-state index is 4.80. The molecule has 1 aromatic rings. The summed E-state index contributed by atoms with van der Waals surface area (Å²) in [6, 6.07) is 4.52. The van der Waals surface area contributed by atoms with E-state index in [9.17, 15) is 0 Å². The number of nitrogens with zero attached hydrogens (tertiary/aromatic N) is 1. The van der Waals surface area contributed by atoms with Gasteiger partial charge >= 0.3 is 0 Å². The van der Waals surface area contributed by atoms with Gasteiger partial charge in [0.25, 0.3) is 0 Å². The molecule has 0 N–H and O–H groups in total. The number of rotatable bonds is 3. The fraction of sp³-hybridized carbons (Fsp3) is 0.688. The van der Waals surface area contributed by atoms with Crippen LogP contribution >= 0.6 is 0 Å². The number of hydrogen-bond acceptors (Lipinski definition) is 1. The zero-order valence-corrected chi connectivity index (χ0v) is 11.1. The molecular weight excluding hydrogens is 206 g/mol. The highest BCUT2D eigenvalue weighted by Gasteiger charge is 2.39. The molecule has 2 saturated carbocycles. The van der Waals surface area contributed by atoms with Gasteiger partial charge in [-0.05, 0) is 74.5 Å². The van der Waals surface area contributed by atoms with E-state index in [0.717, 1.165) is 24.2 Å². The van der Waals surface area contributed by atoms with E-state index >= 15 is 0 Å². The maximum Gasteiger partial charge on any atom is 0.0412 e. The largest absolute Gasteiger partial charge is 0.258 e. The summed E-state index contributed by atoms with van der Waals surface area (Å²) >= 11 is 0. The van der Waals surface area contributed by atoms with Gasteiger partial charge in [0.1, 0.15) is 0 Å². The summed E-state index contributed by atoms with van der Waals surface area (Å²) in [6.45, 7) is 4.40. The summed E-state index contributed by atoms with van der Waals surface area (Å²) in [6.07, 6.45) is 8.27. The summed E-state index contributed by atoms with van der Waals surface area (Å²) in [5, 5.41) is 0. The van der Waals surface area contributed by atoms with E-state index in [1.807, 2.05) is 0 Å². The molecule has 1 aromatic heterocycles. The molecular formula is C16H23N. The molecule has 0 aromatic carbocycles. The van der Waals surface area contributed by atoms with Gasteiger partial charge in [-0.25, -0.2) is 0 Å². The Morgan fingerprint density at radius 3 is 2.65 bits per heavy atom. The van der Waals surface area contributed by atoms with Crippen LogP contribution in [0.1, 0.15) is 49.6 Å². The Balaban J connectivity index is 1.74. The molecule has 17 heavy (non-hydrogen) atoms. The Kier molecular flexibility index (Phi) is 2.94. The molecule has 2 bridgehead atoms. The molecule has 3 rings (SSSR count). The lowest BCUT2D eigenvalue weighted by Crippen LogP contribution is -2.14. The van der Waals surface area contributed by atoms with Gasteiger partial charge in [-0.1, -0.05) is 13.3 Å². The van der Waals surface area contributed by atoms with Gasteiger partial charge in [-0.3, -0.25) is 4.98 Å². The molecule has 0 aliphatic heterocycles. The van der Waals surface area contributed by atoms with E-state index in [1.54, 1.807) is 0 Å². The second-order valence-corrected chi connectivity index (χ2v) is 6.12. The van der Waals surface area contributed by atoms with Crippen molar-refractivity contribution in [2.24, 2.45) is 17.8 Å². The predicted molar refractivity (Wildman–Crippen MR) is 71.0 cm³/mol. The average molecular weight is 229 g/mol. The van der Waals surface area contributed by atoms with Crippen LogP contribution in [0.3, 0.4) is 0 Å². The average Bonchev–Trinajstić information content (AvgIpc) is 2.90. The summed E-state index contributed by atoms with van der Waals surface area (Å²) in [5.41, 5.74) is 4.00. The van der Waals surface area contributed by atoms with E-state index in [4.69, 9.17) is 4.98 Å². The standard InChI is InChI=1S/C16H23N/c1-3-15-6-11(2)7-16(17-15)10-14-9-12-4-5-13(14)8-12/h6-7,12-14H,3-5,8-10H2,1-2H3/t12?,13?,14-/m0/s1. The van der Waals surface area contributed by atoms with E-state index in [0.29, 0.717) is 0 Å². The Morgan fingerprint density at radius 2 is 2.00 bits per heavy atom. The molecule has 2 aliphatic carbocycles. The second-order valence-electron chi connectivity index (χ2n) is 6.12. The van der Waals surface area contributed by atoms with Crippen LogP contribution < -0.4 is 0 Å². The first-order chi connectivity index (χ1) is 8.24. The van der Waals surface area contributed by atoms with Crippen LogP contribution in [0.15, 0.2) is 12.1 Å². The molecule has 1 heteroatoms. The molecule has 1 heterocycles. The minimum atomic E-state index is 0.938. The molecule has 0 spiro atoms. The van der Waals surface area contributed by atoms with Crippen LogP contribution in [0.25, 0.3) is 0 Å². The summed E-state index contributed by atoms with van der Waals surface area (Å²) in [5.74, 6) is 3.01. The van der Waals surface area contributed by atoms with Crippen molar-refractivity contribution in [3.8, 4) is 0 Å². The number of aryl methyl sites for hydroxylation is 2. The minimum Gasteiger partial charge on any atom is -0.258 e. The molecule has 0 radical (unpaired) electrons. The quantitative estimate of drug-likeness (QED) is 0.765. The van der Waals surface area contributed by atoms with Gasteiger partial charge in [-0.15, -0.1) is 0 Å². The minimum absolute atomic E-state index is 0.938. The van der Waals surface area contributed by atoms with Crippen LogP contribution in [0.2, 0.25) is 0 Å². The molecule has 2 unspecified atom stereocenters. The second kappa shape index (κ2) is 4.44. The summed E-state index contributed by atoms with van der Waals surface area (Å²) in [7, 11) is 0. The third-order valence-electron chi connectivity index (χ3n) is 4.79. The Morgan fingerprint density at radius 1 is 1.18 bits per heavy atom. The number of fused-ring (bicyclic) bond motifs is 2. The normalized spacial score (nSPS) is 31.1. The molecule has 92 valence electrons. The number of aromatic nitrogens is 1. The first-order valence-corrected chi connectivity index (χ1v) is 7.21. The molecule has 0 amide bonds. The molecule has 2 aliphatic rings. The van der Waals surface area contributed by atoms with Crippen LogP contribution in [0.5, 0.6) is 0 Å². The first-order valence-electron chi connectivity index (χ1n) is 7.21. The van der Waals surface area contributed by atoms with Crippen LogP contribution in [-0.2, 0) is 12.8 Å². The third kappa shape index (κ3) is 2.25. The predicted octanol–water partition coefficient (Wildman–Crippen LogP) is 3.93.